The van der Waals surface area contributed by atoms with E-state index in [1.807, 2.05) is 42.5 Å². The van der Waals surface area contributed by atoms with Gasteiger partial charge in [0.2, 0.25) is 0 Å². The monoisotopic (exact) mass is 304 g/mol. The summed E-state index contributed by atoms with van der Waals surface area (Å²) in [6.45, 7) is 0. The highest BCUT2D eigenvalue weighted by Gasteiger charge is 2.06. The highest BCUT2D eigenvalue weighted by Crippen LogP contribution is 2.12. The number of carbonyl (C=O) groups excluding carboxylic acids is 1. The fourth-order valence-electron chi connectivity index (χ4n) is 1.57. The third-order valence-corrected chi connectivity index (χ3v) is 3.15. The smallest absolute Gasteiger partial charge is 0.315 e. The van der Waals surface area contributed by atoms with Gasteiger partial charge in [-0.25, -0.2) is 0 Å². The molecule has 0 amide bonds. The topological polar surface area (TPSA) is 26.3 Å². The molecule has 0 fully saturated rings. The van der Waals surface area contributed by atoms with E-state index in [9.17, 15) is 4.79 Å². The fourth-order valence-corrected chi connectivity index (χ4v) is 1.94. The van der Waals surface area contributed by atoms with Gasteiger partial charge >= 0.3 is 5.97 Å². The van der Waals surface area contributed by atoms with Crippen LogP contribution >= 0.6 is 15.9 Å². The van der Waals surface area contributed by atoms with E-state index in [2.05, 4.69) is 15.9 Å². The van der Waals surface area contributed by atoms with Crippen molar-refractivity contribution < 1.29 is 9.53 Å². The standard InChI is InChI=1S/C15H13BrO2/c16-11-13-8-6-12(7-9-13)10-15(17)18-14-4-2-1-3-5-14/h1-9H,10-11H2. The van der Waals surface area contributed by atoms with Crippen LogP contribution < -0.4 is 4.74 Å². The Labute approximate surface area is 115 Å². The van der Waals surface area contributed by atoms with Gasteiger partial charge in [-0.15, -0.1) is 0 Å². The summed E-state index contributed by atoms with van der Waals surface area (Å²) >= 11 is 3.39. The van der Waals surface area contributed by atoms with Crippen molar-refractivity contribution >= 4 is 21.9 Å². The molecular weight excluding hydrogens is 292 g/mol. The highest BCUT2D eigenvalue weighted by atomic mass is 79.9. The Morgan fingerprint density at radius 1 is 0.944 bits per heavy atom. The fraction of sp³-hybridized carbons (Fsp3) is 0.133. The second-order valence-electron chi connectivity index (χ2n) is 3.91. The molecule has 0 bridgehead atoms. The van der Waals surface area contributed by atoms with Crippen molar-refractivity contribution in [3.8, 4) is 5.75 Å². The summed E-state index contributed by atoms with van der Waals surface area (Å²) in [4.78, 5) is 11.7. The van der Waals surface area contributed by atoms with Gasteiger partial charge in [0.15, 0.2) is 0 Å². The molecule has 0 heterocycles. The third kappa shape index (κ3) is 3.70. The predicted molar refractivity (Wildman–Crippen MR) is 74.9 cm³/mol. The summed E-state index contributed by atoms with van der Waals surface area (Å²) in [6.07, 6.45) is 0.289. The van der Waals surface area contributed by atoms with Crippen LogP contribution in [0.1, 0.15) is 11.1 Å². The molecule has 2 aromatic carbocycles. The van der Waals surface area contributed by atoms with Crippen LogP contribution in [-0.4, -0.2) is 5.97 Å². The minimum atomic E-state index is -0.243. The van der Waals surface area contributed by atoms with E-state index < -0.39 is 0 Å². The van der Waals surface area contributed by atoms with Crippen molar-refractivity contribution in [1.29, 1.82) is 0 Å². The van der Waals surface area contributed by atoms with E-state index in [1.165, 1.54) is 5.56 Å². The molecule has 0 spiro atoms. The van der Waals surface area contributed by atoms with Crippen LogP contribution in [0.4, 0.5) is 0 Å². The van der Waals surface area contributed by atoms with Crippen LogP contribution in [0.15, 0.2) is 54.6 Å². The molecule has 0 aliphatic rings. The molecule has 18 heavy (non-hydrogen) atoms. The second-order valence-corrected chi connectivity index (χ2v) is 4.47. The van der Waals surface area contributed by atoms with Crippen molar-refractivity contribution in [2.45, 2.75) is 11.8 Å². The van der Waals surface area contributed by atoms with Crippen LogP contribution in [0.5, 0.6) is 5.75 Å². The van der Waals surface area contributed by atoms with Crippen LogP contribution in [0.3, 0.4) is 0 Å². The molecule has 0 saturated heterocycles. The lowest BCUT2D eigenvalue weighted by Crippen LogP contribution is -2.11. The second kappa shape index (κ2) is 6.36. The number of hydrogen-bond donors (Lipinski definition) is 0. The molecule has 0 N–H and O–H groups in total. The van der Waals surface area contributed by atoms with Gasteiger partial charge in [-0.2, -0.15) is 0 Å². The van der Waals surface area contributed by atoms with E-state index in [1.54, 1.807) is 12.1 Å². The van der Waals surface area contributed by atoms with Crippen molar-refractivity contribution in [2.75, 3.05) is 0 Å². The zero-order chi connectivity index (χ0) is 12.8. The number of benzene rings is 2. The van der Waals surface area contributed by atoms with Crippen molar-refractivity contribution in [3.63, 3.8) is 0 Å². The number of halogens is 1. The van der Waals surface area contributed by atoms with Crippen molar-refractivity contribution in [3.05, 3.63) is 65.7 Å². The number of esters is 1. The van der Waals surface area contributed by atoms with Crippen molar-refractivity contribution in [2.24, 2.45) is 0 Å². The number of alkyl halides is 1. The Hall–Kier alpha value is -1.61. The number of hydrogen-bond acceptors (Lipinski definition) is 2. The predicted octanol–water partition coefficient (Wildman–Crippen LogP) is 3.73. The van der Waals surface area contributed by atoms with E-state index in [0.29, 0.717) is 5.75 Å². The molecule has 92 valence electrons. The van der Waals surface area contributed by atoms with Gasteiger partial charge in [0, 0.05) is 5.33 Å². The number of carbonyl (C=O) groups is 1. The largest absolute Gasteiger partial charge is 0.426 e. The normalized spacial score (nSPS) is 10.1. The van der Waals surface area contributed by atoms with Gasteiger partial charge in [0.1, 0.15) is 5.75 Å². The summed E-state index contributed by atoms with van der Waals surface area (Å²) in [5.41, 5.74) is 2.15. The Bertz CT molecular complexity index is 506. The zero-order valence-corrected chi connectivity index (χ0v) is 11.4. The average Bonchev–Trinajstić information content (AvgIpc) is 2.40. The molecule has 0 atom stereocenters. The lowest BCUT2D eigenvalue weighted by atomic mass is 10.1. The van der Waals surface area contributed by atoms with Gasteiger partial charge in [-0.3, -0.25) is 4.79 Å². The van der Waals surface area contributed by atoms with E-state index in [-0.39, 0.29) is 12.4 Å². The molecule has 0 saturated carbocycles. The quantitative estimate of drug-likeness (QED) is 0.489. The first kappa shape index (κ1) is 12.8. The molecule has 2 nitrogen and oxygen atoms in total. The lowest BCUT2D eigenvalue weighted by molar-refractivity contribution is -0.133. The van der Waals surface area contributed by atoms with E-state index in [4.69, 9.17) is 4.74 Å². The van der Waals surface area contributed by atoms with Crippen LogP contribution in [0, 0.1) is 0 Å². The lowest BCUT2D eigenvalue weighted by Gasteiger charge is -2.04. The first-order chi connectivity index (χ1) is 8.78. The SMILES string of the molecule is O=C(Cc1ccc(CBr)cc1)Oc1ccccc1. The molecule has 0 aromatic heterocycles. The molecule has 2 rings (SSSR count). The minimum absolute atomic E-state index is 0.243. The number of rotatable bonds is 4. The molecule has 0 radical (unpaired) electrons. The average molecular weight is 305 g/mol. The van der Waals surface area contributed by atoms with Gasteiger partial charge in [0.25, 0.3) is 0 Å². The van der Waals surface area contributed by atoms with Gasteiger partial charge in [-0.05, 0) is 23.3 Å². The molecule has 0 aliphatic carbocycles. The summed E-state index contributed by atoms with van der Waals surface area (Å²) in [6, 6.07) is 17.0. The summed E-state index contributed by atoms with van der Waals surface area (Å²) in [5.74, 6) is 0.340. The van der Waals surface area contributed by atoms with Crippen LogP contribution in [0.25, 0.3) is 0 Å². The molecule has 3 heteroatoms. The number of ether oxygens (including phenoxy) is 1. The summed E-state index contributed by atoms with van der Waals surface area (Å²) < 4.78 is 5.23. The molecule has 2 aromatic rings. The first-order valence-corrected chi connectivity index (χ1v) is 6.79. The number of para-hydroxylation sites is 1. The Kier molecular flexibility index (Phi) is 4.53. The summed E-state index contributed by atoms with van der Waals surface area (Å²) in [7, 11) is 0. The van der Waals surface area contributed by atoms with Crippen LogP contribution in [-0.2, 0) is 16.5 Å². The third-order valence-electron chi connectivity index (χ3n) is 2.50. The highest BCUT2D eigenvalue weighted by molar-refractivity contribution is 9.08. The minimum Gasteiger partial charge on any atom is -0.426 e. The van der Waals surface area contributed by atoms with Gasteiger partial charge in [-0.1, -0.05) is 58.4 Å². The maximum Gasteiger partial charge on any atom is 0.315 e. The Morgan fingerprint density at radius 3 is 2.17 bits per heavy atom. The zero-order valence-electron chi connectivity index (χ0n) is 9.80. The Balaban J connectivity index is 1.94. The Morgan fingerprint density at radius 2 is 1.56 bits per heavy atom. The van der Waals surface area contributed by atoms with E-state index >= 15 is 0 Å². The van der Waals surface area contributed by atoms with Gasteiger partial charge < -0.3 is 4.74 Å². The van der Waals surface area contributed by atoms with Crippen molar-refractivity contribution in [1.82, 2.24) is 0 Å². The molecule has 0 unspecified atom stereocenters. The van der Waals surface area contributed by atoms with Gasteiger partial charge in [0.05, 0.1) is 6.42 Å². The maximum atomic E-state index is 11.7. The molecular formula is C15H13BrO2. The first-order valence-electron chi connectivity index (χ1n) is 5.67. The molecule has 0 aliphatic heterocycles. The summed E-state index contributed by atoms with van der Waals surface area (Å²) in [5, 5.41) is 0.821. The maximum absolute atomic E-state index is 11.7. The van der Waals surface area contributed by atoms with Crippen LogP contribution in [0.2, 0.25) is 0 Å². The van der Waals surface area contributed by atoms with E-state index in [0.717, 1.165) is 10.9 Å².